The van der Waals surface area contributed by atoms with Gasteiger partial charge in [-0.3, -0.25) is 9.79 Å². The minimum absolute atomic E-state index is 0.178. The molecule has 3 N–H and O–H groups in total. The van der Waals surface area contributed by atoms with Crippen LogP contribution in [0.25, 0.3) is 0 Å². The largest absolute Gasteiger partial charge is 0.496 e. The second-order valence-corrected chi connectivity index (χ2v) is 6.31. The van der Waals surface area contributed by atoms with E-state index in [0.717, 1.165) is 43.1 Å². The van der Waals surface area contributed by atoms with E-state index < -0.39 is 0 Å². The second kappa shape index (κ2) is 9.91. The van der Waals surface area contributed by atoms with Crippen LogP contribution >= 0.6 is 0 Å². The van der Waals surface area contributed by atoms with Crippen molar-refractivity contribution in [3.63, 3.8) is 0 Å². The van der Waals surface area contributed by atoms with Gasteiger partial charge >= 0.3 is 0 Å². The number of methoxy groups -OCH3 is 1. The number of nitrogens with zero attached hydrogens (tertiary/aromatic N) is 1. The lowest BCUT2D eigenvalue weighted by Crippen LogP contribution is -2.41. The molecular weight excluding hydrogens is 316 g/mol. The highest BCUT2D eigenvalue weighted by atomic mass is 16.5. The quantitative estimate of drug-likeness (QED) is 0.361. The van der Waals surface area contributed by atoms with Crippen LogP contribution in [0.5, 0.6) is 5.75 Å². The van der Waals surface area contributed by atoms with E-state index >= 15 is 0 Å². The van der Waals surface area contributed by atoms with Crippen LogP contribution in [0.4, 0.5) is 0 Å². The number of guanidine groups is 1. The first kappa shape index (κ1) is 19.1. The Hall–Kier alpha value is -2.24. The summed E-state index contributed by atoms with van der Waals surface area (Å²) in [7, 11) is 1.69. The zero-order valence-electron chi connectivity index (χ0n) is 15.5. The summed E-state index contributed by atoms with van der Waals surface area (Å²) in [6, 6.07) is 6.25. The molecule has 2 rings (SSSR count). The summed E-state index contributed by atoms with van der Waals surface area (Å²) >= 11 is 0. The Labute approximate surface area is 150 Å². The van der Waals surface area contributed by atoms with Crippen LogP contribution in [-0.2, 0) is 11.2 Å². The third kappa shape index (κ3) is 6.64. The summed E-state index contributed by atoms with van der Waals surface area (Å²) in [6.45, 7) is 6.86. The number of carbonyl (C=O) groups is 1. The van der Waals surface area contributed by atoms with Crippen molar-refractivity contribution in [3.8, 4) is 5.75 Å². The highest BCUT2D eigenvalue weighted by molar-refractivity contribution is 5.81. The molecule has 0 aliphatic heterocycles. The van der Waals surface area contributed by atoms with Gasteiger partial charge in [-0.1, -0.05) is 12.1 Å². The van der Waals surface area contributed by atoms with E-state index in [1.165, 1.54) is 5.56 Å². The summed E-state index contributed by atoms with van der Waals surface area (Å²) in [4.78, 5) is 16.2. The maximum atomic E-state index is 11.6. The molecule has 6 heteroatoms. The minimum atomic E-state index is 0.178. The van der Waals surface area contributed by atoms with Crippen molar-refractivity contribution >= 4 is 11.9 Å². The molecule has 138 valence electrons. The van der Waals surface area contributed by atoms with Crippen molar-refractivity contribution in [2.75, 3.05) is 33.3 Å². The number of nitrogens with one attached hydrogen (secondary N) is 3. The summed E-state index contributed by atoms with van der Waals surface area (Å²) < 4.78 is 5.36. The summed E-state index contributed by atoms with van der Waals surface area (Å²) in [5.41, 5.74) is 2.34. The van der Waals surface area contributed by atoms with Gasteiger partial charge in [0.05, 0.1) is 7.11 Å². The van der Waals surface area contributed by atoms with Crippen molar-refractivity contribution in [1.82, 2.24) is 16.0 Å². The highest BCUT2D eigenvalue weighted by Gasteiger charge is 2.28. The van der Waals surface area contributed by atoms with Gasteiger partial charge in [0.15, 0.2) is 5.96 Å². The van der Waals surface area contributed by atoms with Gasteiger partial charge in [-0.15, -0.1) is 0 Å². The van der Waals surface area contributed by atoms with E-state index in [-0.39, 0.29) is 11.8 Å². The van der Waals surface area contributed by atoms with Crippen LogP contribution < -0.4 is 20.7 Å². The normalized spacial score (nSPS) is 14.1. The third-order valence-electron chi connectivity index (χ3n) is 4.15. The summed E-state index contributed by atoms with van der Waals surface area (Å²) in [6.07, 6.45) is 2.92. The van der Waals surface area contributed by atoms with Crippen molar-refractivity contribution in [2.45, 2.75) is 33.1 Å². The molecule has 0 heterocycles. The summed E-state index contributed by atoms with van der Waals surface area (Å²) in [5.74, 6) is 2.13. The van der Waals surface area contributed by atoms with E-state index in [1.54, 1.807) is 7.11 Å². The monoisotopic (exact) mass is 346 g/mol. The molecule has 1 amide bonds. The fourth-order valence-corrected chi connectivity index (χ4v) is 2.51. The maximum absolute atomic E-state index is 11.6. The first-order valence-electron chi connectivity index (χ1n) is 9.07. The van der Waals surface area contributed by atoms with Gasteiger partial charge in [0, 0.05) is 32.1 Å². The average Bonchev–Trinajstić information content (AvgIpc) is 3.45. The molecule has 1 aromatic carbocycles. The number of ether oxygens (including phenoxy) is 1. The lowest BCUT2D eigenvalue weighted by atomic mass is 10.1. The van der Waals surface area contributed by atoms with Gasteiger partial charge in [0.2, 0.25) is 5.91 Å². The Kier molecular flexibility index (Phi) is 7.57. The molecule has 0 bridgehead atoms. The maximum Gasteiger partial charge on any atom is 0.223 e. The molecule has 0 aromatic heterocycles. The van der Waals surface area contributed by atoms with E-state index in [9.17, 15) is 4.79 Å². The molecule has 1 saturated carbocycles. The van der Waals surface area contributed by atoms with Crippen LogP contribution in [0.3, 0.4) is 0 Å². The van der Waals surface area contributed by atoms with Crippen molar-refractivity contribution in [2.24, 2.45) is 10.9 Å². The zero-order valence-corrected chi connectivity index (χ0v) is 15.5. The second-order valence-electron chi connectivity index (χ2n) is 6.31. The van der Waals surface area contributed by atoms with Crippen molar-refractivity contribution in [1.29, 1.82) is 0 Å². The fraction of sp³-hybridized carbons (Fsp3) is 0.579. The molecular formula is C19H30N4O2. The number of hydrogen-bond acceptors (Lipinski definition) is 3. The highest BCUT2D eigenvalue weighted by Crippen LogP contribution is 2.28. The third-order valence-corrected chi connectivity index (χ3v) is 4.15. The topological polar surface area (TPSA) is 74.8 Å². The molecule has 0 saturated heterocycles. The minimum Gasteiger partial charge on any atom is -0.496 e. The molecule has 0 spiro atoms. The number of rotatable bonds is 9. The van der Waals surface area contributed by atoms with E-state index in [4.69, 9.17) is 4.74 Å². The number of amides is 1. The molecule has 25 heavy (non-hydrogen) atoms. The van der Waals surface area contributed by atoms with Gasteiger partial charge < -0.3 is 20.7 Å². The van der Waals surface area contributed by atoms with Gasteiger partial charge in [-0.25, -0.2) is 0 Å². The number of carbonyl (C=O) groups excluding carboxylic acids is 1. The van der Waals surface area contributed by atoms with E-state index in [1.807, 2.05) is 13.8 Å². The number of benzene rings is 1. The lowest BCUT2D eigenvalue weighted by molar-refractivity contribution is -0.122. The molecule has 0 unspecified atom stereocenters. The van der Waals surface area contributed by atoms with Gasteiger partial charge in [0.1, 0.15) is 5.75 Å². The van der Waals surface area contributed by atoms with E-state index in [2.05, 4.69) is 39.1 Å². The Morgan fingerprint density at radius 3 is 2.68 bits per heavy atom. The molecule has 0 radical (unpaired) electrons. The van der Waals surface area contributed by atoms with Crippen LogP contribution in [-0.4, -0.2) is 45.2 Å². The SMILES string of the molecule is CCNC(=NCCc1ccc(C)c(OC)c1)NCCNC(=O)C1CC1. The fourth-order valence-electron chi connectivity index (χ4n) is 2.51. The first-order valence-corrected chi connectivity index (χ1v) is 9.07. The van der Waals surface area contributed by atoms with Crippen LogP contribution in [0, 0.1) is 12.8 Å². The number of aryl methyl sites for hydroxylation is 1. The molecule has 1 aliphatic carbocycles. The molecule has 1 aromatic rings. The molecule has 6 nitrogen and oxygen atoms in total. The Bertz CT molecular complexity index is 597. The van der Waals surface area contributed by atoms with Gasteiger partial charge in [0.25, 0.3) is 0 Å². The first-order chi connectivity index (χ1) is 12.1. The van der Waals surface area contributed by atoms with Crippen LogP contribution in [0.1, 0.15) is 30.9 Å². The van der Waals surface area contributed by atoms with Crippen molar-refractivity contribution < 1.29 is 9.53 Å². The molecule has 1 fully saturated rings. The number of aliphatic imine (C=N–C) groups is 1. The lowest BCUT2D eigenvalue weighted by Gasteiger charge is -2.12. The Balaban J connectivity index is 1.75. The molecule has 1 aliphatic rings. The van der Waals surface area contributed by atoms with Crippen LogP contribution in [0.2, 0.25) is 0 Å². The average molecular weight is 346 g/mol. The standard InChI is InChI=1S/C19H30N4O2/c1-4-20-19(23-12-11-21-18(24)16-7-8-16)22-10-9-15-6-5-14(2)17(13-15)25-3/h5-6,13,16H,4,7-12H2,1-3H3,(H,21,24)(H2,20,22,23). The molecule has 0 atom stereocenters. The Morgan fingerprint density at radius 1 is 1.24 bits per heavy atom. The van der Waals surface area contributed by atoms with E-state index in [0.29, 0.717) is 19.6 Å². The Morgan fingerprint density at radius 2 is 2.00 bits per heavy atom. The van der Waals surface area contributed by atoms with Gasteiger partial charge in [-0.2, -0.15) is 0 Å². The smallest absolute Gasteiger partial charge is 0.223 e. The number of hydrogen-bond donors (Lipinski definition) is 3. The van der Waals surface area contributed by atoms with Crippen LogP contribution in [0.15, 0.2) is 23.2 Å². The summed E-state index contributed by atoms with van der Waals surface area (Å²) in [5, 5.41) is 9.42. The van der Waals surface area contributed by atoms with Gasteiger partial charge in [-0.05, 0) is 50.3 Å². The van der Waals surface area contributed by atoms with Crippen molar-refractivity contribution in [3.05, 3.63) is 29.3 Å². The predicted octanol–water partition coefficient (Wildman–Crippen LogP) is 1.63. The predicted molar refractivity (Wildman–Crippen MR) is 101 cm³/mol. The zero-order chi connectivity index (χ0) is 18.1.